The van der Waals surface area contributed by atoms with Crippen molar-refractivity contribution in [1.82, 2.24) is 25.1 Å². The fourth-order valence-corrected chi connectivity index (χ4v) is 4.32. The van der Waals surface area contributed by atoms with Crippen molar-refractivity contribution in [2.45, 2.75) is 44.3 Å². The van der Waals surface area contributed by atoms with E-state index in [9.17, 15) is 14.4 Å². The number of aromatic amines is 1. The lowest BCUT2D eigenvalue weighted by Gasteiger charge is -2.22. The van der Waals surface area contributed by atoms with Crippen LogP contribution in [0.3, 0.4) is 0 Å². The van der Waals surface area contributed by atoms with Crippen molar-refractivity contribution < 1.29 is 9.59 Å². The van der Waals surface area contributed by atoms with Crippen molar-refractivity contribution in [2.75, 3.05) is 38.5 Å². The van der Waals surface area contributed by atoms with Gasteiger partial charge in [-0.1, -0.05) is 62.9 Å². The highest BCUT2D eigenvalue weighted by molar-refractivity contribution is 7.99. The van der Waals surface area contributed by atoms with Crippen LogP contribution in [0.2, 0.25) is 0 Å². The third-order valence-corrected chi connectivity index (χ3v) is 6.32. The zero-order valence-electron chi connectivity index (χ0n) is 19.6. The number of nitrogens with one attached hydrogen (secondary N) is 2. The molecule has 1 aromatic heterocycles. The Kier molecular flexibility index (Phi) is 8.68. The van der Waals surface area contributed by atoms with Gasteiger partial charge in [0.05, 0.1) is 18.0 Å². The average Bonchev–Trinajstić information content (AvgIpc) is 3.01. The number of aromatic nitrogens is 2. The Morgan fingerprint density at radius 3 is 2.61 bits per heavy atom. The van der Waals surface area contributed by atoms with Crippen molar-refractivity contribution in [1.29, 1.82) is 0 Å². The first-order chi connectivity index (χ1) is 15.7. The third-order valence-electron chi connectivity index (χ3n) is 5.46. The molecule has 2 amide bonds. The van der Waals surface area contributed by atoms with Gasteiger partial charge >= 0.3 is 0 Å². The molecule has 0 radical (unpaired) electrons. The van der Waals surface area contributed by atoms with E-state index in [0.29, 0.717) is 43.6 Å². The summed E-state index contributed by atoms with van der Waals surface area (Å²) in [6, 6.07) is 11.3. The first kappa shape index (κ1) is 25.0. The van der Waals surface area contributed by atoms with Crippen molar-refractivity contribution in [3.63, 3.8) is 0 Å². The zero-order valence-corrected chi connectivity index (χ0v) is 20.4. The predicted molar refractivity (Wildman–Crippen MR) is 130 cm³/mol. The molecule has 1 fully saturated rings. The maximum Gasteiger partial charge on any atom is 0.251 e. The number of benzene rings is 1. The predicted octanol–water partition coefficient (Wildman–Crippen LogP) is 2.01. The molecule has 1 aliphatic rings. The lowest BCUT2D eigenvalue weighted by atomic mass is 9.92. The number of rotatable bonds is 7. The summed E-state index contributed by atoms with van der Waals surface area (Å²) in [5.41, 5.74) is 1.33. The second-order valence-electron chi connectivity index (χ2n) is 9.25. The molecule has 0 saturated carbocycles. The SMILES string of the molecule is CC(C)(C)c1cc(=O)[nH]c(SCC(=O)N2CCCN(CC(=O)NCc3ccccc3)CC2)n1. The van der Waals surface area contributed by atoms with Gasteiger partial charge in [0.2, 0.25) is 11.8 Å². The van der Waals surface area contributed by atoms with Gasteiger partial charge < -0.3 is 15.2 Å². The van der Waals surface area contributed by atoms with E-state index in [1.54, 1.807) is 0 Å². The lowest BCUT2D eigenvalue weighted by molar-refractivity contribution is -0.128. The van der Waals surface area contributed by atoms with E-state index < -0.39 is 0 Å². The van der Waals surface area contributed by atoms with Crippen LogP contribution in [0.15, 0.2) is 46.3 Å². The molecule has 0 aliphatic carbocycles. The molecule has 9 heteroatoms. The number of carbonyl (C=O) groups excluding carboxylic acids is 2. The molecule has 2 aromatic rings. The van der Waals surface area contributed by atoms with Crippen LogP contribution in [0.1, 0.15) is 38.4 Å². The first-order valence-corrected chi connectivity index (χ1v) is 12.2. The summed E-state index contributed by atoms with van der Waals surface area (Å²) < 4.78 is 0. The van der Waals surface area contributed by atoms with Crippen LogP contribution in [-0.4, -0.2) is 70.1 Å². The highest BCUT2D eigenvalue weighted by atomic mass is 32.2. The molecule has 0 spiro atoms. The second kappa shape index (κ2) is 11.5. The van der Waals surface area contributed by atoms with Crippen molar-refractivity contribution in [3.8, 4) is 0 Å². The van der Waals surface area contributed by atoms with E-state index in [1.807, 2.05) is 56.0 Å². The minimum atomic E-state index is -0.241. The van der Waals surface area contributed by atoms with Crippen LogP contribution in [0.4, 0.5) is 0 Å². The zero-order chi connectivity index (χ0) is 23.8. The number of H-pyrrole nitrogens is 1. The number of thioether (sulfide) groups is 1. The molecule has 33 heavy (non-hydrogen) atoms. The Labute approximate surface area is 199 Å². The van der Waals surface area contributed by atoms with Gasteiger partial charge in [-0.3, -0.25) is 19.3 Å². The molecular weight excluding hydrogens is 438 g/mol. The first-order valence-electron chi connectivity index (χ1n) is 11.3. The molecule has 178 valence electrons. The fraction of sp³-hybridized carbons (Fsp3) is 0.500. The van der Waals surface area contributed by atoms with Gasteiger partial charge in [0.1, 0.15) is 0 Å². The largest absolute Gasteiger partial charge is 0.351 e. The molecule has 2 heterocycles. The summed E-state index contributed by atoms with van der Waals surface area (Å²) in [6.45, 7) is 9.51. The van der Waals surface area contributed by atoms with Crippen LogP contribution in [0.25, 0.3) is 0 Å². The van der Waals surface area contributed by atoms with E-state index in [4.69, 9.17) is 0 Å². The van der Waals surface area contributed by atoms with Crippen LogP contribution >= 0.6 is 11.8 Å². The molecular formula is C24H33N5O3S. The summed E-state index contributed by atoms with van der Waals surface area (Å²) in [7, 11) is 0. The van der Waals surface area contributed by atoms with Gasteiger partial charge in [-0.25, -0.2) is 4.98 Å². The van der Waals surface area contributed by atoms with E-state index in [-0.39, 0.29) is 28.5 Å². The summed E-state index contributed by atoms with van der Waals surface area (Å²) >= 11 is 1.25. The minimum Gasteiger partial charge on any atom is -0.351 e. The Morgan fingerprint density at radius 1 is 1.12 bits per heavy atom. The highest BCUT2D eigenvalue weighted by Crippen LogP contribution is 2.21. The van der Waals surface area contributed by atoms with Gasteiger partial charge in [-0.15, -0.1) is 0 Å². The molecule has 2 N–H and O–H groups in total. The quantitative estimate of drug-likeness (QED) is 0.474. The number of amides is 2. The molecule has 0 unspecified atom stereocenters. The Morgan fingerprint density at radius 2 is 1.88 bits per heavy atom. The van der Waals surface area contributed by atoms with Crippen LogP contribution in [0, 0.1) is 0 Å². The second-order valence-corrected chi connectivity index (χ2v) is 10.2. The molecule has 3 rings (SSSR count). The van der Waals surface area contributed by atoms with Crippen LogP contribution in [0.5, 0.6) is 0 Å². The summed E-state index contributed by atoms with van der Waals surface area (Å²) in [4.78, 5) is 48.2. The highest BCUT2D eigenvalue weighted by Gasteiger charge is 2.22. The summed E-state index contributed by atoms with van der Waals surface area (Å²) in [5, 5.41) is 3.42. The molecule has 8 nitrogen and oxygen atoms in total. The van der Waals surface area contributed by atoms with E-state index in [2.05, 4.69) is 20.2 Å². The van der Waals surface area contributed by atoms with Crippen molar-refractivity contribution in [2.24, 2.45) is 0 Å². The monoisotopic (exact) mass is 471 g/mol. The normalized spacial score (nSPS) is 15.2. The van der Waals surface area contributed by atoms with Gasteiger partial charge in [0, 0.05) is 44.2 Å². The van der Waals surface area contributed by atoms with Gasteiger partial charge in [-0.05, 0) is 12.0 Å². The Hall–Kier alpha value is -2.65. The molecule has 0 bridgehead atoms. The van der Waals surface area contributed by atoms with E-state index in [1.165, 1.54) is 17.8 Å². The number of hydrogen-bond acceptors (Lipinski definition) is 6. The third kappa shape index (κ3) is 8.01. The maximum absolute atomic E-state index is 12.8. The van der Waals surface area contributed by atoms with Gasteiger partial charge in [-0.2, -0.15) is 0 Å². The Balaban J connectivity index is 1.45. The summed E-state index contributed by atoms with van der Waals surface area (Å²) in [6.07, 6.45) is 0.816. The lowest BCUT2D eigenvalue weighted by Crippen LogP contribution is -2.40. The number of carbonyl (C=O) groups is 2. The molecule has 1 aliphatic heterocycles. The average molecular weight is 472 g/mol. The fourth-order valence-electron chi connectivity index (χ4n) is 3.54. The van der Waals surface area contributed by atoms with E-state index >= 15 is 0 Å². The van der Waals surface area contributed by atoms with Crippen molar-refractivity contribution >= 4 is 23.6 Å². The minimum absolute atomic E-state index is 0.0112. The maximum atomic E-state index is 12.8. The van der Waals surface area contributed by atoms with Crippen LogP contribution < -0.4 is 10.9 Å². The number of nitrogens with zero attached hydrogens (tertiary/aromatic N) is 3. The molecule has 0 atom stereocenters. The molecule has 1 aromatic carbocycles. The smallest absolute Gasteiger partial charge is 0.251 e. The number of hydrogen-bond donors (Lipinski definition) is 2. The van der Waals surface area contributed by atoms with Gasteiger partial charge in [0.25, 0.3) is 5.56 Å². The standard InChI is InChI=1S/C24H33N5O3S/c1-24(2,3)19-14-20(30)27-23(26-19)33-17-22(32)29-11-7-10-28(12-13-29)16-21(31)25-15-18-8-5-4-6-9-18/h4-6,8-9,14H,7,10-13,15-17H2,1-3H3,(H,25,31)(H,26,27,30). The topological polar surface area (TPSA) is 98.4 Å². The summed E-state index contributed by atoms with van der Waals surface area (Å²) in [5.74, 6) is 0.218. The Bertz CT molecular complexity index is 1000. The molecule has 1 saturated heterocycles. The van der Waals surface area contributed by atoms with Crippen molar-refractivity contribution in [3.05, 3.63) is 58.0 Å². The van der Waals surface area contributed by atoms with Crippen LogP contribution in [-0.2, 0) is 21.5 Å². The van der Waals surface area contributed by atoms with Gasteiger partial charge in [0.15, 0.2) is 5.16 Å². The van der Waals surface area contributed by atoms with E-state index in [0.717, 1.165) is 18.5 Å².